The van der Waals surface area contributed by atoms with Crippen LogP contribution in [-0.4, -0.2) is 43.7 Å². The Morgan fingerprint density at radius 1 is 1.32 bits per heavy atom. The highest BCUT2D eigenvalue weighted by Gasteiger charge is 2.16. The normalized spacial score (nSPS) is 17.0. The predicted octanol–water partition coefficient (Wildman–Crippen LogP) is 2.66. The molecule has 1 fully saturated rings. The summed E-state index contributed by atoms with van der Waals surface area (Å²) in [4.78, 5) is 11.7. The third kappa shape index (κ3) is 5.74. The third-order valence-electron chi connectivity index (χ3n) is 3.45. The number of nitrogens with one attached hydrogen (secondary N) is 2. The van der Waals surface area contributed by atoms with E-state index in [1.165, 1.54) is 23.5 Å². The first-order valence-corrected chi connectivity index (χ1v) is 9.68. The van der Waals surface area contributed by atoms with E-state index >= 15 is 0 Å². The molecule has 122 valence electrons. The molecule has 1 aliphatic rings. The summed E-state index contributed by atoms with van der Waals surface area (Å²) in [5, 5.41) is 5.91. The summed E-state index contributed by atoms with van der Waals surface area (Å²) in [6.45, 7) is 2.68. The lowest BCUT2D eigenvalue weighted by atomic mass is 10.2. The quantitative estimate of drug-likeness (QED) is 0.799. The van der Waals surface area contributed by atoms with Crippen LogP contribution in [0.15, 0.2) is 24.3 Å². The van der Waals surface area contributed by atoms with Crippen LogP contribution in [0.5, 0.6) is 5.75 Å². The van der Waals surface area contributed by atoms with Gasteiger partial charge in [0.25, 0.3) is 5.91 Å². The number of hydrogen-bond donors (Lipinski definition) is 2. The van der Waals surface area contributed by atoms with Crippen molar-refractivity contribution in [3.8, 4) is 5.75 Å². The molecule has 1 aromatic rings. The molecule has 4 nitrogen and oxygen atoms in total. The molecule has 1 unspecified atom stereocenters. The average Bonchev–Trinajstić information content (AvgIpc) is 2.59. The van der Waals surface area contributed by atoms with Gasteiger partial charge in [-0.3, -0.25) is 4.79 Å². The molecular weight excluding hydrogens is 316 g/mol. The van der Waals surface area contributed by atoms with Crippen LogP contribution in [0.3, 0.4) is 0 Å². The fraction of sp³-hybridized carbons (Fsp3) is 0.562. The van der Waals surface area contributed by atoms with Crippen LogP contribution < -0.4 is 15.4 Å². The van der Waals surface area contributed by atoms with Gasteiger partial charge in [-0.25, -0.2) is 0 Å². The van der Waals surface area contributed by atoms with Crippen molar-refractivity contribution in [3.63, 3.8) is 0 Å². The zero-order chi connectivity index (χ0) is 15.8. The van der Waals surface area contributed by atoms with Crippen LogP contribution in [0, 0.1) is 0 Å². The van der Waals surface area contributed by atoms with Crippen molar-refractivity contribution in [3.05, 3.63) is 29.8 Å². The summed E-state index contributed by atoms with van der Waals surface area (Å²) in [6.07, 6.45) is 1.30. The zero-order valence-electron chi connectivity index (χ0n) is 13.1. The minimum absolute atomic E-state index is 0.0582. The van der Waals surface area contributed by atoms with Gasteiger partial charge in [-0.2, -0.15) is 0 Å². The first-order chi connectivity index (χ1) is 10.7. The topological polar surface area (TPSA) is 50.4 Å². The van der Waals surface area contributed by atoms with Crippen molar-refractivity contribution in [2.45, 2.75) is 24.0 Å². The summed E-state index contributed by atoms with van der Waals surface area (Å²) in [5.74, 6) is 3.12. The third-order valence-corrected chi connectivity index (χ3v) is 6.46. The number of benzene rings is 1. The molecule has 0 spiro atoms. The van der Waals surface area contributed by atoms with Gasteiger partial charge in [0.1, 0.15) is 5.75 Å². The van der Waals surface area contributed by atoms with E-state index in [1.807, 2.05) is 49.6 Å². The standard InChI is InChI=1S/C16H24N2O2S2/c1-12(17-2)10-18-15(19)11-20-14-6-4-13(5-7-14)16-21-8-3-9-22-16/h4-7,12,16-17H,3,8-11H2,1-2H3,(H,18,19). The maximum atomic E-state index is 11.7. The maximum Gasteiger partial charge on any atom is 0.257 e. The lowest BCUT2D eigenvalue weighted by Gasteiger charge is -2.21. The molecule has 6 heteroatoms. The molecule has 0 aromatic heterocycles. The molecule has 1 aromatic carbocycles. The van der Waals surface area contributed by atoms with Gasteiger partial charge in [-0.1, -0.05) is 12.1 Å². The summed E-state index contributed by atoms with van der Waals surface area (Å²) in [7, 11) is 1.87. The Morgan fingerprint density at radius 3 is 2.64 bits per heavy atom. The van der Waals surface area contributed by atoms with E-state index in [-0.39, 0.29) is 18.6 Å². The van der Waals surface area contributed by atoms with Gasteiger partial charge in [-0.15, -0.1) is 23.5 Å². The van der Waals surface area contributed by atoms with Gasteiger partial charge in [0.2, 0.25) is 0 Å². The van der Waals surface area contributed by atoms with Crippen molar-refractivity contribution in [1.82, 2.24) is 10.6 Å². The highest BCUT2D eigenvalue weighted by Crippen LogP contribution is 2.43. The highest BCUT2D eigenvalue weighted by molar-refractivity contribution is 8.16. The molecule has 0 bridgehead atoms. The second kappa shape index (κ2) is 9.33. The van der Waals surface area contributed by atoms with E-state index in [1.54, 1.807) is 0 Å². The highest BCUT2D eigenvalue weighted by atomic mass is 32.2. The Hall–Kier alpha value is -0.850. The van der Waals surface area contributed by atoms with Crippen molar-refractivity contribution < 1.29 is 9.53 Å². The molecule has 1 amide bonds. The van der Waals surface area contributed by atoms with Crippen molar-refractivity contribution >= 4 is 29.4 Å². The van der Waals surface area contributed by atoms with Crippen LogP contribution in [0.2, 0.25) is 0 Å². The Morgan fingerprint density at radius 2 is 2.00 bits per heavy atom. The van der Waals surface area contributed by atoms with Gasteiger partial charge in [0.05, 0.1) is 4.58 Å². The van der Waals surface area contributed by atoms with Crippen LogP contribution in [-0.2, 0) is 4.79 Å². The molecule has 1 atom stereocenters. The summed E-state index contributed by atoms with van der Waals surface area (Å²) < 4.78 is 6.07. The molecule has 0 radical (unpaired) electrons. The Bertz CT molecular complexity index is 462. The van der Waals surface area contributed by atoms with Gasteiger partial charge in [-0.05, 0) is 49.6 Å². The van der Waals surface area contributed by atoms with Crippen molar-refractivity contribution in [2.24, 2.45) is 0 Å². The molecule has 1 saturated heterocycles. The number of carbonyl (C=O) groups is 1. The first-order valence-electron chi connectivity index (χ1n) is 7.59. The minimum Gasteiger partial charge on any atom is -0.484 e. The second-order valence-electron chi connectivity index (χ2n) is 5.28. The zero-order valence-corrected chi connectivity index (χ0v) is 14.8. The number of hydrogen-bond acceptors (Lipinski definition) is 5. The number of thioether (sulfide) groups is 2. The molecule has 2 N–H and O–H groups in total. The van der Waals surface area contributed by atoms with E-state index in [0.29, 0.717) is 11.1 Å². The van der Waals surface area contributed by atoms with Gasteiger partial charge in [0.15, 0.2) is 6.61 Å². The van der Waals surface area contributed by atoms with Crippen LogP contribution in [0.4, 0.5) is 0 Å². The van der Waals surface area contributed by atoms with Crippen LogP contribution >= 0.6 is 23.5 Å². The predicted molar refractivity (Wildman–Crippen MR) is 95.7 cm³/mol. The lowest BCUT2D eigenvalue weighted by molar-refractivity contribution is -0.123. The van der Waals surface area contributed by atoms with Gasteiger partial charge < -0.3 is 15.4 Å². The SMILES string of the molecule is CNC(C)CNC(=O)COc1ccc(C2SCCCS2)cc1. The largest absolute Gasteiger partial charge is 0.484 e. The molecular formula is C16H24N2O2S2. The lowest BCUT2D eigenvalue weighted by Crippen LogP contribution is -2.39. The molecule has 22 heavy (non-hydrogen) atoms. The summed E-state index contributed by atoms with van der Waals surface area (Å²) >= 11 is 4.01. The molecule has 1 aliphatic heterocycles. The summed E-state index contributed by atoms with van der Waals surface area (Å²) in [5.41, 5.74) is 1.33. The smallest absolute Gasteiger partial charge is 0.257 e. The van der Waals surface area contributed by atoms with Crippen molar-refractivity contribution in [1.29, 1.82) is 0 Å². The number of rotatable bonds is 7. The first kappa shape index (κ1) is 17.5. The summed E-state index contributed by atoms with van der Waals surface area (Å²) in [6, 6.07) is 8.37. The number of carbonyl (C=O) groups excluding carboxylic acids is 1. The second-order valence-corrected chi connectivity index (χ2v) is 8.00. The Kier molecular flexibility index (Phi) is 7.42. The van der Waals surface area contributed by atoms with Crippen LogP contribution in [0.25, 0.3) is 0 Å². The molecule has 1 heterocycles. The van der Waals surface area contributed by atoms with Crippen molar-refractivity contribution in [2.75, 3.05) is 31.7 Å². The van der Waals surface area contributed by atoms with E-state index in [0.717, 1.165) is 5.75 Å². The number of likely N-dealkylation sites (N-methyl/N-ethyl adjacent to an activating group) is 1. The monoisotopic (exact) mass is 340 g/mol. The van der Waals surface area contributed by atoms with E-state index in [9.17, 15) is 4.79 Å². The molecule has 2 rings (SSSR count). The minimum atomic E-state index is -0.0930. The van der Waals surface area contributed by atoms with Gasteiger partial charge in [0, 0.05) is 12.6 Å². The Balaban J connectivity index is 1.75. The fourth-order valence-electron chi connectivity index (χ4n) is 1.97. The maximum absolute atomic E-state index is 11.7. The number of amides is 1. The van der Waals surface area contributed by atoms with Gasteiger partial charge >= 0.3 is 0 Å². The number of ether oxygens (including phenoxy) is 1. The average molecular weight is 341 g/mol. The molecule has 0 aliphatic carbocycles. The van der Waals surface area contributed by atoms with E-state index < -0.39 is 0 Å². The van der Waals surface area contributed by atoms with Crippen LogP contribution in [0.1, 0.15) is 23.5 Å². The Labute approximate surface area is 141 Å². The van der Waals surface area contributed by atoms with E-state index in [2.05, 4.69) is 22.8 Å². The fourth-order valence-corrected chi connectivity index (χ4v) is 4.86. The molecule has 0 saturated carbocycles. The van der Waals surface area contributed by atoms with E-state index in [4.69, 9.17) is 4.74 Å².